The highest BCUT2D eigenvalue weighted by Crippen LogP contribution is 2.30. The Kier molecular flexibility index (Phi) is 4.66. The van der Waals surface area contributed by atoms with Gasteiger partial charge in [0.05, 0.1) is 13.7 Å². The predicted octanol–water partition coefficient (Wildman–Crippen LogP) is 3.95. The van der Waals surface area contributed by atoms with Crippen LogP contribution < -0.4 is 4.74 Å². The number of fused-ring (bicyclic) bond motifs is 1. The summed E-state index contributed by atoms with van der Waals surface area (Å²) in [5.41, 5.74) is 7.94. The zero-order valence-electron chi connectivity index (χ0n) is 17.5. The first-order valence-electron chi connectivity index (χ1n) is 9.94. The number of aryl methyl sites for hydroxylation is 2. The fourth-order valence-electron chi connectivity index (χ4n) is 3.86. The number of imidazole rings is 1. The maximum absolute atomic E-state index is 5.54. The molecule has 2 aromatic carbocycles. The Labute approximate surface area is 178 Å². The number of methoxy groups -OCH3 is 1. The number of ether oxygens (including phenoxy) is 1. The molecule has 0 amide bonds. The molecule has 8 heteroatoms. The molecule has 0 fully saturated rings. The van der Waals surface area contributed by atoms with Crippen LogP contribution in [0.2, 0.25) is 0 Å². The van der Waals surface area contributed by atoms with Crippen molar-refractivity contribution in [2.75, 3.05) is 7.11 Å². The molecule has 1 N–H and O–H groups in total. The van der Waals surface area contributed by atoms with Gasteiger partial charge in [0.25, 0.3) is 6.01 Å². The van der Waals surface area contributed by atoms with Crippen LogP contribution in [0.3, 0.4) is 0 Å². The highest BCUT2D eigenvalue weighted by Gasteiger charge is 2.16. The lowest BCUT2D eigenvalue weighted by Crippen LogP contribution is -2.04. The minimum atomic E-state index is 0.558. The van der Waals surface area contributed by atoms with E-state index in [2.05, 4.69) is 55.9 Å². The Balaban J connectivity index is 1.51. The van der Waals surface area contributed by atoms with Gasteiger partial charge in [-0.2, -0.15) is 10.2 Å². The van der Waals surface area contributed by atoms with Gasteiger partial charge in [-0.05, 0) is 47.4 Å². The molecule has 0 aliphatic rings. The van der Waals surface area contributed by atoms with E-state index in [4.69, 9.17) is 9.72 Å². The second kappa shape index (κ2) is 7.64. The third kappa shape index (κ3) is 3.42. The van der Waals surface area contributed by atoms with E-state index in [0.29, 0.717) is 18.4 Å². The van der Waals surface area contributed by atoms with Crippen molar-refractivity contribution in [3.05, 3.63) is 71.4 Å². The van der Waals surface area contributed by atoms with E-state index in [1.54, 1.807) is 7.11 Å². The number of nitrogens with one attached hydrogen (secondary N) is 1. The Hall–Kier alpha value is -4.07. The minimum Gasteiger partial charge on any atom is -0.468 e. The van der Waals surface area contributed by atoms with E-state index in [0.717, 1.165) is 44.7 Å². The van der Waals surface area contributed by atoms with Gasteiger partial charge in [0.15, 0.2) is 5.65 Å². The molecule has 0 unspecified atom stereocenters. The van der Waals surface area contributed by atoms with Gasteiger partial charge < -0.3 is 4.74 Å². The van der Waals surface area contributed by atoms with Crippen molar-refractivity contribution in [3.63, 3.8) is 0 Å². The summed E-state index contributed by atoms with van der Waals surface area (Å²) < 4.78 is 7.55. The summed E-state index contributed by atoms with van der Waals surface area (Å²) in [4.78, 5) is 9.33. The van der Waals surface area contributed by atoms with Crippen molar-refractivity contribution < 1.29 is 4.74 Å². The first-order valence-corrected chi connectivity index (χ1v) is 9.94. The summed E-state index contributed by atoms with van der Waals surface area (Å²) in [6.07, 6.45) is 0. The fourth-order valence-corrected chi connectivity index (χ4v) is 3.86. The van der Waals surface area contributed by atoms with Crippen LogP contribution in [0.4, 0.5) is 0 Å². The van der Waals surface area contributed by atoms with Crippen molar-refractivity contribution in [2.45, 2.75) is 20.4 Å². The molecule has 8 nitrogen and oxygen atoms in total. The summed E-state index contributed by atoms with van der Waals surface area (Å²) in [5, 5.41) is 14.4. The molecule has 3 heterocycles. The Morgan fingerprint density at radius 1 is 0.968 bits per heavy atom. The Bertz CT molecular complexity index is 1360. The number of hydrogen-bond donors (Lipinski definition) is 1. The second-order valence-electron chi connectivity index (χ2n) is 7.42. The average molecular weight is 411 g/mol. The number of aromatic amines is 1. The molecular formula is C23H21N7O. The molecule has 0 aliphatic heterocycles. The van der Waals surface area contributed by atoms with Gasteiger partial charge in [-0.15, -0.1) is 10.2 Å². The van der Waals surface area contributed by atoms with Gasteiger partial charge in [-0.25, -0.2) is 4.98 Å². The van der Waals surface area contributed by atoms with Crippen LogP contribution in [0.1, 0.15) is 16.8 Å². The van der Waals surface area contributed by atoms with E-state index in [1.165, 1.54) is 0 Å². The molecule has 31 heavy (non-hydrogen) atoms. The largest absolute Gasteiger partial charge is 0.468 e. The Morgan fingerprint density at radius 3 is 2.45 bits per heavy atom. The highest BCUT2D eigenvalue weighted by molar-refractivity contribution is 5.80. The number of aromatic nitrogens is 7. The lowest BCUT2D eigenvalue weighted by molar-refractivity contribution is 0.363. The van der Waals surface area contributed by atoms with Gasteiger partial charge in [-0.1, -0.05) is 48.5 Å². The standard InChI is InChI=1S/C23H21N7O/c1-14-12-15(2)24-22-20(14)25-23(31-3)30(22)13-16-8-10-17(11-9-16)18-6-4-5-7-19(18)21-26-28-29-27-21/h4-12H,13H2,1-3H3,(H,26,27,28,29). The summed E-state index contributed by atoms with van der Waals surface area (Å²) >= 11 is 0. The van der Waals surface area contributed by atoms with Gasteiger partial charge in [0.2, 0.25) is 5.82 Å². The fraction of sp³-hybridized carbons (Fsp3) is 0.174. The van der Waals surface area contributed by atoms with Crippen LogP contribution in [0, 0.1) is 13.8 Å². The van der Waals surface area contributed by atoms with Gasteiger partial charge in [0.1, 0.15) is 5.52 Å². The zero-order valence-corrected chi connectivity index (χ0v) is 17.5. The van der Waals surface area contributed by atoms with E-state index in [-0.39, 0.29) is 0 Å². The van der Waals surface area contributed by atoms with Crippen LogP contribution in [0.15, 0.2) is 54.6 Å². The first kappa shape index (κ1) is 18.9. The van der Waals surface area contributed by atoms with Crippen molar-refractivity contribution in [1.82, 2.24) is 35.2 Å². The molecule has 0 atom stereocenters. The smallest absolute Gasteiger partial charge is 0.298 e. The zero-order chi connectivity index (χ0) is 21.4. The molecule has 5 rings (SSSR count). The number of tetrazole rings is 1. The monoisotopic (exact) mass is 411 g/mol. The first-order chi connectivity index (χ1) is 15.1. The molecule has 0 saturated carbocycles. The van der Waals surface area contributed by atoms with Crippen LogP contribution in [0.5, 0.6) is 6.01 Å². The van der Waals surface area contributed by atoms with Crippen molar-refractivity contribution in [2.24, 2.45) is 0 Å². The maximum atomic E-state index is 5.54. The van der Waals surface area contributed by atoms with E-state index in [1.807, 2.05) is 42.7 Å². The molecule has 154 valence electrons. The van der Waals surface area contributed by atoms with Gasteiger partial charge >= 0.3 is 0 Å². The molecule has 0 aliphatic carbocycles. The van der Waals surface area contributed by atoms with E-state index >= 15 is 0 Å². The molecule has 0 saturated heterocycles. The molecule has 5 aromatic rings. The topological polar surface area (TPSA) is 94.4 Å². The number of nitrogens with zero attached hydrogens (tertiary/aromatic N) is 6. The number of hydrogen-bond acceptors (Lipinski definition) is 6. The molecule has 0 radical (unpaired) electrons. The van der Waals surface area contributed by atoms with E-state index in [9.17, 15) is 0 Å². The normalized spacial score (nSPS) is 11.2. The third-order valence-corrected chi connectivity index (χ3v) is 5.29. The lowest BCUT2D eigenvalue weighted by Gasteiger charge is -2.10. The SMILES string of the molecule is COc1nc2c(C)cc(C)nc2n1Cc1ccc(-c2ccccc2-c2nn[nH]n2)cc1. The Morgan fingerprint density at radius 2 is 1.74 bits per heavy atom. The predicted molar refractivity (Wildman–Crippen MR) is 118 cm³/mol. The highest BCUT2D eigenvalue weighted by atomic mass is 16.5. The molecular weight excluding hydrogens is 390 g/mol. The van der Waals surface area contributed by atoms with Crippen LogP contribution >= 0.6 is 0 Å². The number of benzene rings is 2. The summed E-state index contributed by atoms with van der Waals surface area (Å²) in [6.45, 7) is 4.65. The maximum Gasteiger partial charge on any atom is 0.298 e. The third-order valence-electron chi connectivity index (χ3n) is 5.29. The quantitative estimate of drug-likeness (QED) is 0.471. The van der Waals surface area contributed by atoms with Crippen LogP contribution in [-0.4, -0.2) is 42.3 Å². The minimum absolute atomic E-state index is 0.558. The van der Waals surface area contributed by atoms with Gasteiger partial charge in [0, 0.05) is 11.3 Å². The van der Waals surface area contributed by atoms with E-state index < -0.39 is 0 Å². The molecule has 0 spiro atoms. The number of pyridine rings is 1. The summed E-state index contributed by atoms with van der Waals surface area (Å²) in [6, 6.07) is 19.0. The van der Waals surface area contributed by atoms with Crippen LogP contribution in [0.25, 0.3) is 33.7 Å². The second-order valence-corrected chi connectivity index (χ2v) is 7.42. The molecule has 3 aromatic heterocycles. The summed E-state index contributed by atoms with van der Waals surface area (Å²) in [7, 11) is 1.64. The molecule has 0 bridgehead atoms. The number of rotatable bonds is 5. The van der Waals surface area contributed by atoms with Crippen molar-refractivity contribution in [3.8, 4) is 28.5 Å². The van der Waals surface area contributed by atoms with Crippen molar-refractivity contribution >= 4 is 11.2 Å². The summed E-state index contributed by atoms with van der Waals surface area (Å²) in [5.74, 6) is 0.575. The number of H-pyrrole nitrogens is 1. The van der Waals surface area contributed by atoms with Crippen LogP contribution in [-0.2, 0) is 6.54 Å². The average Bonchev–Trinajstić information content (AvgIpc) is 3.43. The van der Waals surface area contributed by atoms with Crippen molar-refractivity contribution in [1.29, 1.82) is 0 Å². The lowest BCUT2D eigenvalue weighted by atomic mass is 9.98. The van der Waals surface area contributed by atoms with Gasteiger partial charge in [-0.3, -0.25) is 4.57 Å².